The minimum absolute atomic E-state index is 0.102. The number of nitrogens with one attached hydrogen (secondary N) is 2. The Morgan fingerprint density at radius 3 is 2.47 bits per heavy atom. The van der Waals surface area contributed by atoms with Crippen LogP contribution >= 0.6 is 0 Å². The molecule has 1 aliphatic rings. The molecule has 1 aromatic carbocycles. The van der Waals surface area contributed by atoms with Gasteiger partial charge in [0, 0.05) is 30.3 Å². The van der Waals surface area contributed by atoms with Crippen LogP contribution in [0.25, 0.3) is 0 Å². The lowest BCUT2D eigenvalue weighted by Crippen LogP contribution is -2.48. The Bertz CT molecular complexity index is 1020. The molecule has 3 atom stereocenters. The summed E-state index contributed by atoms with van der Waals surface area (Å²) in [6, 6.07) is 3.93. The molecule has 0 aliphatic carbocycles. The molecule has 0 radical (unpaired) electrons. The van der Waals surface area contributed by atoms with Gasteiger partial charge in [0.05, 0.1) is 12.1 Å². The highest BCUT2D eigenvalue weighted by Crippen LogP contribution is 2.27. The van der Waals surface area contributed by atoms with Crippen molar-refractivity contribution in [2.24, 2.45) is 0 Å². The van der Waals surface area contributed by atoms with Gasteiger partial charge in [0.15, 0.2) is 0 Å². The molecule has 32 heavy (non-hydrogen) atoms. The number of rotatable bonds is 4. The number of amides is 4. The molecule has 1 fully saturated rings. The first kappa shape index (κ1) is 23.0. The Labute approximate surface area is 184 Å². The number of aromatic nitrogens is 1. The average molecular weight is 447 g/mol. The van der Waals surface area contributed by atoms with Crippen molar-refractivity contribution in [3.63, 3.8) is 0 Å². The molecular formula is C21H26FN5O5. The molecule has 2 aromatic rings. The van der Waals surface area contributed by atoms with Crippen molar-refractivity contribution in [3.05, 3.63) is 47.0 Å². The molecule has 172 valence electrons. The van der Waals surface area contributed by atoms with E-state index in [0.29, 0.717) is 0 Å². The first-order valence-electron chi connectivity index (χ1n) is 10.2. The van der Waals surface area contributed by atoms with E-state index in [1.54, 1.807) is 17.9 Å². The summed E-state index contributed by atoms with van der Waals surface area (Å²) in [6.45, 7) is 5.53. The summed E-state index contributed by atoms with van der Waals surface area (Å²) < 4.78 is 19.4. The molecule has 0 bridgehead atoms. The summed E-state index contributed by atoms with van der Waals surface area (Å²) in [6.07, 6.45) is 1.83. The van der Waals surface area contributed by atoms with Crippen molar-refractivity contribution in [1.29, 1.82) is 0 Å². The molecule has 0 saturated carbocycles. The third kappa shape index (κ3) is 4.82. The fourth-order valence-corrected chi connectivity index (χ4v) is 3.75. The molecule has 2 heterocycles. The van der Waals surface area contributed by atoms with Crippen molar-refractivity contribution in [3.8, 4) is 5.88 Å². The summed E-state index contributed by atoms with van der Waals surface area (Å²) >= 11 is 0. The van der Waals surface area contributed by atoms with E-state index < -0.39 is 29.7 Å². The lowest BCUT2D eigenvalue weighted by Gasteiger charge is -2.26. The van der Waals surface area contributed by atoms with Gasteiger partial charge in [-0.1, -0.05) is 6.07 Å². The zero-order valence-corrected chi connectivity index (χ0v) is 18.3. The quantitative estimate of drug-likeness (QED) is 0.618. The molecule has 4 amide bonds. The molecule has 3 rings (SSSR count). The van der Waals surface area contributed by atoms with Crippen LogP contribution in [0, 0.1) is 5.82 Å². The molecule has 2 unspecified atom stereocenters. The van der Waals surface area contributed by atoms with Crippen LogP contribution in [-0.2, 0) is 0 Å². The van der Waals surface area contributed by atoms with Gasteiger partial charge in [-0.05, 0) is 50.9 Å². The number of hydrogen-bond acceptors (Lipinski definition) is 6. The summed E-state index contributed by atoms with van der Waals surface area (Å²) in [5, 5.41) is 15.7. The number of benzene rings is 1. The van der Waals surface area contributed by atoms with Crippen LogP contribution in [0.1, 0.15) is 66.1 Å². The van der Waals surface area contributed by atoms with Crippen molar-refractivity contribution in [2.45, 2.75) is 51.7 Å². The van der Waals surface area contributed by atoms with Crippen LogP contribution in [0.4, 0.5) is 9.18 Å². The maximum atomic E-state index is 14.8. The molecule has 0 spiro atoms. The third-order valence-corrected chi connectivity index (χ3v) is 5.54. The molecule has 11 heteroatoms. The maximum absolute atomic E-state index is 14.8. The maximum Gasteiger partial charge on any atom is 0.336 e. The number of nitrogens with zero attached hydrogens (tertiary/aromatic N) is 3. The van der Waals surface area contributed by atoms with Gasteiger partial charge in [0.1, 0.15) is 5.82 Å². The zero-order chi connectivity index (χ0) is 23.6. The number of hydrazine groups is 1. The van der Waals surface area contributed by atoms with Gasteiger partial charge >= 0.3 is 11.9 Å². The smallest absolute Gasteiger partial charge is 0.336 e. The van der Waals surface area contributed by atoms with Gasteiger partial charge in [0.25, 0.3) is 11.8 Å². The van der Waals surface area contributed by atoms with Crippen molar-refractivity contribution >= 4 is 17.8 Å². The Hall–Kier alpha value is -3.63. The predicted octanol–water partition coefficient (Wildman–Crippen LogP) is 2.58. The van der Waals surface area contributed by atoms with Crippen LogP contribution in [0.5, 0.6) is 5.88 Å². The van der Waals surface area contributed by atoms with Crippen molar-refractivity contribution in [1.82, 2.24) is 25.8 Å². The van der Waals surface area contributed by atoms with Crippen LogP contribution in [0.2, 0.25) is 0 Å². The van der Waals surface area contributed by atoms with Crippen LogP contribution in [0.3, 0.4) is 0 Å². The van der Waals surface area contributed by atoms with Crippen molar-refractivity contribution in [2.75, 3.05) is 7.05 Å². The second-order valence-electron chi connectivity index (χ2n) is 7.94. The molecule has 1 aromatic heterocycles. The summed E-state index contributed by atoms with van der Waals surface area (Å²) in [5.74, 6) is -2.40. The Kier molecular flexibility index (Phi) is 6.66. The predicted molar refractivity (Wildman–Crippen MR) is 111 cm³/mol. The van der Waals surface area contributed by atoms with Crippen LogP contribution in [0.15, 0.2) is 28.8 Å². The minimum atomic E-state index is -0.803. The van der Waals surface area contributed by atoms with Crippen molar-refractivity contribution < 1.29 is 28.4 Å². The topological polar surface area (TPSA) is 128 Å². The highest BCUT2D eigenvalue weighted by molar-refractivity contribution is 5.95. The highest BCUT2D eigenvalue weighted by Gasteiger charge is 2.32. The highest BCUT2D eigenvalue weighted by atomic mass is 19.1. The van der Waals surface area contributed by atoms with Crippen LogP contribution in [-0.4, -0.2) is 57.1 Å². The van der Waals surface area contributed by atoms with E-state index in [2.05, 4.69) is 20.4 Å². The Morgan fingerprint density at radius 2 is 1.91 bits per heavy atom. The third-order valence-electron chi connectivity index (χ3n) is 5.54. The average Bonchev–Trinajstić information content (AvgIpc) is 3.32. The lowest BCUT2D eigenvalue weighted by molar-refractivity contribution is 0.0692. The largest absolute Gasteiger partial charge is 0.491 e. The van der Waals surface area contributed by atoms with E-state index in [1.807, 2.05) is 13.8 Å². The fourth-order valence-electron chi connectivity index (χ4n) is 3.75. The van der Waals surface area contributed by atoms with Gasteiger partial charge < -0.3 is 19.8 Å². The first-order valence-corrected chi connectivity index (χ1v) is 10.2. The van der Waals surface area contributed by atoms with Gasteiger partial charge in [-0.3, -0.25) is 15.0 Å². The minimum Gasteiger partial charge on any atom is -0.491 e. The number of urea groups is 1. The Balaban J connectivity index is 1.63. The Morgan fingerprint density at radius 1 is 1.25 bits per heavy atom. The first-order chi connectivity index (χ1) is 15.1. The van der Waals surface area contributed by atoms with E-state index in [0.717, 1.165) is 23.9 Å². The van der Waals surface area contributed by atoms with E-state index in [4.69, 9.17) is 5.11 Å². The summed E-state index contributed by atoms with van der Waals surface area (Å²) in [7, 11) is 1.28. The lowest BCUT2D eigenvalue weighted by atomic mass is 10.0. The van der Waals surface area contributed by atoms with Gasteiger partial charge in [-0.25, -0.2) is 14.2 Å². The molecule has 1 saturated heterocycles. The molecular weight excluding hydrogens is 421 g/mol. The standard InChI is InChI=1S/C21H26FN5O5/c1-11-5-6-12(2)27(11)20(30)14-7-8-15(16(22)9-14)13(3)23-21(31)26(4)24-19(29)17-10-18(28)25-32-17/h7-13H,5-6H2,1-4H3,(H,23,31)(H,24,29)(H,25,28)/t11?,12?,13-/m1/s1. The summed E-state index contributed by atoms with van der Waals surface area (Å²) in [4.78, 5) is 38.9. The van der Waals surface area contributed by atoms with Gasteiger partial charge in [-0.2, -0.15) is 0 Å². The number of carbonyl (C=O) groups excluding carboxylic acids is 3. The SMILES string of the molecule is CC1CCC(C)N1C(=O)c1ccc([C@@H](C)NC(=O)N(C)NC(=O)c2cc(O)no2)c(F)c1. The second kappa shape index (κ2) is 9.25. The number of hydrogen-bond donors (Lipinski definition) is 3. The van der Waals surface area contributed by atoms with E-state index in [-0.39, 0.29) is 34.9 Å². The van der Waals surface area contributed by atoms with E-state index in [1.165, 1.54) is 19.2 Å². The normalized spacial score (nSPS) is 18.8. The van der Waals surface area contributed by atoms with Gasteiger partial charge in [-0.15, -0.1) is 0 Å². The van der Waals surface area contributed by atoms with Crippen LogP contribution < -0.4 is 10.7 Å². The van der Waals surface area contributed by atoms with E-state index in [9.17, 15) is 18.8 Å². The second-order valence-corrected chi connectivity index (χ2v) is 7.94. The number of halogens is 1. The fraction of sp³-hybridized carbons (Fsp3) is 0.429. The monoisotopic (exact) mass is 447 g/mol. The number of aromatic hydroxyl groups is 1. The molecule has 10 nitrogen and oxygen atoms in total. The van der Waals surface area contributed by atoms with Gasteiger partial charge in [0.2, 0.25) is 5.76 Å². The zero-order valence-electron chi connectivity index (χ0n) is 18.3. The number of likely N-dealkylation sites (tertiary alicyclic amines) is 1. The summed E-state index contributed by atoms with van der Waals surface area (Å²) in [5.41, 5.74) is 2.68. The number of carbonyl (C=O) groups is 3. The van der Waals surface area contributed by atoms with E-state index >= 15 is 0 Å². The molecule has 1 aliphatic heterocycles. The molecule has 3 N–H and O–H groups in total.